The van der Waals surface area contributed by atoms with Gasteiger partial charge in [0.25, 0.3) is 0 Å². The predicted octanol–water partition coefficient (Wildman–Crippen LogP) is 1.36. The van der Waals surface area contributed by atoms with Gasteiger partial charge in [-0.05, 0) is 5.56 Å². The monoisotopic (exact) mass is 366 g/mol. The van der Waals surface area contributed by atoms with Crippen molar-refractivity contribution < 1.29 is 38.1 Å². The van der Waals surface area contributed by atoms with Crippen LogP contribution in [0.3, 0.4) is 0 Å². The van der Waals surface area contributed by atoms with E-state index in [1.54, 1.807) is 0 Å². The molecule has 8 nitrogen and oxygen atoms in total. The second-order valence-corrected chi connectivity index (χ2v) is 5.96. The van der Waals surface area contributed by atoms with Gasteiger partial charge < -0.3 is 23.7 Å². The number of carbonyl (C=O) groups excluding carboxylic acids is 3. The van der Waals surface area contributed by atoms with Crippen molar-refractivity contribution in [2.75, 3.05) is 13.2 Å². The van der Waals surface area contributed by atoms with Crippen molar-refractivity contribution in [1.82, 2.24) is 0 Å². The van der Waals surface area contributed by atoms with Gasteiger partial charge in [0.05, 0.1) is 19.8 Å². The summed E-state index contributed by atoms with van der Waals surface area (Å²) in [4.78, 5) is 34.4. The van der Waals surface area contributed by atoms with Crippen molar-refractivity contribution in [3.63, 3.8) is 0 Å². The molecule has 0 spiro atoms. The van der Waals surface area contributed by atoms with Crippen LogP contribution in [0, 0.1) is 0 Å². The van der Waals surface area contributed by atoms with Gasteiger partial charge >= 0.3 is 17.9 Å². The van der Waals surface area contributed by atoms with Gasteiger partial charge in [-0.15, -0.1) is 0 Å². The maximum atomic E-state index is 11.6. The molecule has 1 aliphatic heterocycles. The molecule has 0 radical (unpaired) electrons. The first-order chi connectivity index (χ1) is 12.3. The van der Waals surface area contributed by atoms with Crippen LogP contribution in [-0.2, 0) is 44.7 Å². The minimum Gasteiger partial charge on any atom is -0.451 e. The second-order valence-electron chi connectivity index (χ2n) is 5.96. The fourth-order valence-electron chi connectivity index (χ4n) is 2.68. The van der Waals surface area contributed by atoms with Gasteiger partial charge in [0.2, 0.25) is 18.0 Å². The van der Waals surface area contributed by atoms with Crippen LogP contribution in [0.2, 0.25) is 0 Å². The SMILES string of the molecule is CC(=O)O[C@@H]1OCC(COCc2ccccc2)(OC(C)=O)[C@@H]1OC(C)=O. The Hall–Kier alpha value is -2.45. The molecule has 0 saturated carbocycles. The summed E-state index contributed by atoms with van der Waals surface area (Å²) < 4.78 is 26.8. The lowest BCUT2D eigenvalue weighted by atomic mass is 10.00. The van der Waals surface area contributed by atoms with Crippen molar-refractivity contribution in [3.05, 3.63) is 35.9 Å². The summed E-state index contributed by atoms with van der Waals surface area (Å²) in [5.74, 6) is -1.84. The summed E-state index contributed by atoms with van der Waals surface area (Å²) in [7, 11) is 0. The van der Waals surface area contributed by atoms with E-state index in [0.29, 0.717) is 0 Å². The van der Waals surface area contributed by atoms with E-state index in [9.17, 15) is 14.4 Å². The highest BCUT2D eigenvalue weighted by molar-refractivity contribution is 5.68. The minimum atomic E-state index is -1.41. The Morgan fingerprint density at radius 2 is 1.69 bits per heavy atom. The quantitative estimate of drug-likeness (QED) is 0.527. The molecular weight excluding hydrogens is 344 g/mol. The molecule has 0 bridgehead atoms. The highest BCUT2D eigenvalue weighted by Crippen LogP contribution is 2.33. The van der Waals surface area contributed by atoms with Crippen molar-refractivity contribution >= 4 is 17.9 Å². The third kappa shape index (κ3) is 5.27. The molecule has 8 heteroatoms. The van der Waals surface area contributed by atoms with E-state index in [1.165, 1.54) is 20.8 Å². The zero-order valence-electron chi connectivity index (χ0n) is 14.9. The topological polar surface area (TPSA) is 97.4 Å². The number of esters is 3. The average Bonchev–Trinajstić information content (AvgIpc) is 2.85. The highest BCUT2D eigenvalue weighted by atomic mass is 16.7. The summed E-state index contributed by atoms with van der Waals surface area (Å²) in [6, 6.07) is 9.40. The summed E-state index contributed by atoms with van der Waals surface area (Å²) in [6.45, 7) is 3.64. The van der Waals surface area contributed by atoms with E-state index in [-0.39, 0.29) is 19.8 Å². The van der Waals surface area contributed by atoms with Crippen LogP contribution < -0.4 is 0 Å². The van der Waals surface area contributed by atoms with Crippen LogP contribution in [0.4, 0.5) is 0 Å². The molecule has 26 heavy (non-hydrogen) atoms. The highest BCUT2D eigenvalue weighted by Gasteiger charge is 2.57. The first-order valence-corrected chi connectivity index (χ1v) is 8.10. The van der Waals surface area contributed by atoms with E-state index >= 15 is 0 Å². The lowest BCUT2D eigenvalue weighted by Crippen LogP contribution is -2.53. The molecule has 0 aromatic heterocycles. The van der Waals surface area contributed by atoms with Gasteiger partial charge in [-0.3, -0.25) is 14.4 Å². The maximum Gasteiger partial charge on any atom is 0.305 e. The summed E-state index contributed by atoms with van der Waals surface area (Å²) in [5.41, 5.74) is -0.489. The van der Waals surface area contributed by atoms with Gasteiger partial charge in [0.1, 0.15) is 0 Å². The van der Waals surface area contributed by atoms with Crippen LogP contribution in [0.25, 0.3) is 0 Å². The Bertz CT molecular complexity index is 644. The van der Waals surface area contributed by atoms with Crippen LogP contribution >= 0.6 is 0 Å². The first-order valence-electron chi connectivity index (χ1n) is 8.10. The molecule has 1 aromatic carbocycles. The number of rotatable bonds is 7. The number of hydrogen-bond donors (Lipinski definition) is 0. The second kappa shape index (κ2) is 8.77. The van der Waals surface area contributed by atoms with E-state index in [2.05, 4.69) is 0 Å². The third-order valence-corrected chi connectivity index (χ3v) is 3.64. The normalized spacial score (nSPS) is 24.7. The fraction of sp³-hybridized carbons (Fsp3) is 0.500. The Morgan fingerprint density at radius 1 is 1.04 bits per heavy atom. The fourth-order valence-corrected chi connectivity index (χ4v) is 2.68. The summed E-state index contributed by atoms with van der Waals surface area (Å²) >= 11 is 0. The molecule has 0 amide bonds. The lowest BCUT2D eigenvalue weighted by Gasteiger charge is -2.32. The van der Waals surface area contributed by atoms with Crippen molar-refractivity contribution in [3.8, 4) is 0 Å². The molecule has 1 fully saturated rings. The van der Waals surface area contributed by atoms with Crippen molar-refractivity contribution in [2.45, 2.75) is 45.4 Å². The van der Waals surface area contributed by atoms with Gasteiger partial charge in [0.15, 0.2) is 0 Å². The molecule has 1 heterocycles. The summed E-state index contributed by atoms with van der Waals surface area (Å²) in [6.07, 6.45) is -2.32. The van der Waals surface area contributed by atoms with Gasteiger partial charge in [0, 0.05) is 20.8 Å². The zero-order chi connectivity index (χ0) is 19.2. The Kier molecular flexibility index (Phi) is 6.70. The van der Waals surface area contributed by atoms with Crippen LogP contribution in [0.5, 0.6) is 0 Å². The van der Waals surface area contributed by atoms with E-state index in [0.717, 1.165) is 5.56 Å². The molecule has 0 N–H and O–H groups in total. The van der Waals surface area contributed by atoms with Gasteiger partial charge in [-0.25, -0.2) is 0 Å². The van der Waals surface area contributed by atoms with Crippen molar-refractivity contribution in [1.29, 1.82) is 0 Å². The Balaban J connectivity index is 2.16. The van der Waals surface area contributed by atoms with E-state index in [1.807, 2.05) is 30.3 Å². The maximum absolute atomic E-state index is 11.6. The largest absolute Gasteiger partial charge is 0.451 e. The number of hydrogen-bond acceptors (Lipinski definition) is 8. The van der Waals surface area contributed by atoms with Crippen molar-refractivity contribution in [2.24, 2.45) is 0 Å². The Morgan fingerprint density at radius 3 is 2.27 bits per heavy atom. The molecule has 2 rings (SSSR count). The predicted molar refractivity (Wildman–Crippen MR) is 87.7 cm³/mol. The molecule has 142 valence electrons. The zero-order valence-corrected chi connectivity index (χ0v) is 14.9. The number of carbonyl (C=O) groups is 3. The molecule has 1 aromatic rings. The molecule has 1 unspecified atom stereocenters. The average molecular weight is 366 g/mol. The molecule has 0 aliphatic carbocycles. The third-order valence-electron chi connectivity index (χ3n) is 3.64. The summed E-state index contributed by atoms with van der Waals surface area (Å²) in [5, 5.41) is 0. The molecule has 3 atom stereocenters. The van der Waals surface area contributed by atoms with E-state index < -0.39 is 35.9 Å². The van der Waals surface area contributed by atoms with Gasteiger partial charge in [-0.1, -0.05) is 30.3 Å². The first kappa shape index (κ1) is 19.9. The van der Waals surface area contributed by atoms with E-state index in [4.69, 9.17) is 23.7 Å². The lowest BCUT2D eigenvalue weighted by molar-refractivity contribution is -0.204. The number of ether oxygens (including phenoxy) is 5. The smallest absolute Gasteiger partial charge is 0.305 e. The van der Waals surface area contributed by atoms with Gasteiger partial charge in [-0.2, -0.15) is 0 Å². The minimum absolute atomic E-state index is 0.100. The molecule has 1 saturated heterocycles. The molecule has 1 aliphatic rings. The Labute approximate surface area is 151 Å². The van der Waals surface area contributed by atoms with Crippen LogP contribution in [0.15, 0.2) is 30.3 Å². The van der Waals surface area contributed by atoms with Crippen LogP contribution in [0.1, 0.15) is 26.3 Å². The van der Waals surface area contributed by atoms with Crippen LogP contribution in [-0.4, -0.2) is 49.1 Å². The standard InChI is InChI=1S/C18H22O8/c1-12(19)24-16-17(25-13(2)20)23-11-18(16,26-14(3)21)10-22-9-15-7-5-4-6-8-15/h4-8,16-17H,9-11H2,1-3H3/t16-,17+,18?/m1/s1. The number of benzene rings is 1. The molecular formula is C18H22O8.